The van der Waals surface area contributed by atoms with Gasteiger partial charge < -0.3 is 0 Å². The van der Waals surface area contributed by atoms with E-state index in [9.17, 15) is 8.42 Å². The number of sulfonamides is 1. The van der Waals surface area contributed by atoms with Crippen molar-refractivity contribution in [1.29, 1.82) is 5.26 Å². The lowest BCUT2D eigenvalue weighted by molar-refractivity contribution is 0.286. The summed E-state index contributed by atoms with van der Waals surface area (Å²) in [5, 5.41) is 8.87. The number of rotatable bonds is 4. The molecule has 0 bridgehead atoms. The van der Waals surface area contributed by atoms with E-state index in [4.69, 9.17) is 5.26 Å². The van der Waals surface area contributed by atoms with Crippen molar-refractivity contribution in [2.24, 2.45) is 5.92 Å². The summed E-state index contributed by atoms with van der Waals surface area (Å²) in [5.41, 5.74) is 0.663. The van der Waals surface area contributed by atoms with Gasteiger partial charge in [0.15, 0.2) is 0 Å². The van der Waals surface area contributed by atoms with E-state index in [1.807, 2.05) is 18.2 Å². The van der Waals surface area contributed by atoms with E-state index in [0.717, 1.165) is 23.5 Å². The summed E-state index contributed by atoms with van der Waals surface area (Å²) >= 11 is 1.70. The van der Waals surface area contributed by atoms with Crippen LogP contribution in [0.3, 0.4) is 0 Å². The molecule has 1 aromatic carbocycles. The molecule has 0 spiro atoms. The van der Waals surface area contributed by atoms with Gasteiger partial charge in [-0.15, -0.1) is 11.8 Å². The fraction of sp³-hybridized carbons (Fsp3) is 0.500. The van der Waals surface area contributed by atoms with Gasteiger partial charge in [-0.3, -0.25) is 0 Å². The zero-order valence-corrected chi connectivity index (χ0v) is 13.1. The van der Waals surface area contributed by atoms with Crippen molar-refractivity contribution >= 4 is 21.8 Å². The highest BCUT2D eigenvalue weighted by molar-refractivity contribution is 7.99. The third kappa shape index (κ3) is 4.23. The highest BCUT2D eigenvalue weighted by Gasteiger charge is 2.25. The van der Waals surface area contributed by atoms with E-state index in [1.165, 1.54) is 6.26 Å². The molecule has 0 N–H and O–H groups in total. The van der Waals surface area contributed by atoms with Crippen LogP contribution in [0, 0.1) is 17.2 Å². The van der Waals surface area contributed by atoms with E-state index in [1.54, 1.807) is 22.1 Å². The molecule has 0 aliphatic carbocycles. The third-order valence-electron chi connectivity index (χ3n) is 3.40. The van der Waals surface area contributed by atoms with Gasteiger partial charge in [-0.25, -0.2) is 12.7 Å². The number of thioether (sulfide) groups is 1. The van der Waals surface area contributed by atoms with Gasteiger partial charge in [-0.2, -0.15) is 5.26 Å². The van der Waals surface area contributed by atoms with Crippen molar-refractivity contribution in [3.63, 3.8) is 0 Å². The monoisotopic (exact) mass is 310 g/mol. The molecule has 0 aromatic heterocycles. The Labute approximate surface area is 124 Å². The normalized spacial score (nSPS) is 20.5. The molecule has 20 heavy (non-hydrogen) atoms. The molecule has 2 rings (SSSR count). The van der Waals surface area contributed by atoms with E-state index >= 15 is 0 Å². The number of hydrogen-bond acceptors (Lipinski definition) is 4. The Hall–Kier alpha value is -1.03. The Balaban J connectivity index is 1.92. The Morgan fingerprint density at radius 2 is 2.30 bits per heavy atom. The molecule has 0 radical (unpaired) electrons. The van der Waals surface area contributed by atoms with E-state index in [2.05, 4.69) is 6.07 Å². The lowest BCUT2D eigenvalue weighted by Crippen LogP contribution is -2.39. The Kier molecular flexibility index (Phi) is 5.08. The molecule has 1 aliphatic rings. The topological polar surface area (TPSA) is 61.2 Å². The van der Waals surface area contributed by atoms with Crippen LogP contribution in [0.25, 0.3) is 0 Å². The van der Waals surface area contributed by atoms with Crippen LogP contribution >= 0.6 is 11.8 Å². The summed E-state index contributed by atoms with van der Waals surface area (Å²) < 4.78 is 24.7. The molecular formula is C14H18N2O2S2. The van der Waals surface area contributed by atoms with Crippen LogP contribution < -0.4 is 0 Å². The number of nitriles is 1. The second-order valence-corrected chi connectivity index (χ2v) is 8.16. The van der Waals surface area contributed by atoms with Gasteiger partial charge >= 0.3 is 0 Å². The van der Waals surface area contributed by atoms with Crippen molar-refractivity contribution < 1.29 is 8.42 Å². The van der Waals surface area contributed by atoms with Gasteiger partial charge in [-0.05, 0) is 37.0 Å². The predicted molar refractivity (Wildman–Crippen MR) is 81.0 cm³/mol. The van der Waals surface area contributed by atoms with Crippen LogP contribution in [-0.2, 0) is 10.0 Å². The number of hydrogen-bond donors (Lipinski definition) is 0. The van der Waals surface area contributed by atoms with Gasteiger partial charge in [-0.1, -0.05) is 6.07 Å². The fourth-order valence-corrected chi connectivity index (χ4v) is 4.36. The van der Waals surface area contributed by atoms with Crippen LogP contribution in [0.2, 0.25) is 0 Å². The lowest BCUT2D eigenvalue weighted by Gasteiger charge is -2.30. The maximum absolute atomic E-state index is 11.6. The van der Waals surface area contributed by atoms with E-state index in [0.29, 0.717) is 24.6 Å². The first-order valence-electron chi connectivity index (χ1n) is 6.57. The number of benzene rings is 1. The molecule has 1 aromatic rings. The van der Waals surface area contributed by atoms with Gasteiger partial charge in [0.2, 0.25) is 10.0 Å². The van der Waals surface area contributed by atoms with Crippen molar-refractivity contribution in [3.8, 4) is 6.07 Å². The minimum Gasteiger partial charge on any atom is -0.213 e. The summed E-state index contributed by atoms with van der Waals surface area (Å²) in [6.07, 6.45) is 3.27. The second kappa shape index (κ2) is 6.61. The van der Waals surface area contributed by atoms with Crippen molar-refractivity contribution in [2.45, 2.75) is 17.7 Å². The van der Waals surface area contributed by atoms with Crippen molar-refractivity contribution in [2.75, 3.05) is 25.1 Å². The highest BCUT2D eigenvalue weighted by atomic mass is 32.2. The Bertz CT molecular complexity index is 608. The minimum absolute atomic E-state index is 0.384. The summed E-state index contributed by atoms with van der Waals surface area (Å²) in [7, 11) is -3.07. The molecule has 4 nitrogen and oxygen atoms in total. The van der Waals surface area contributed by atoms with Crippen LogP contribution in [0.5, 0.6) is 0 Å². The molecular weight excluding hydrogens is 292 g/mol. The van der Waals surface area contributed by atoms with Crippen LogP contribution in [0.1, 0.15) is 18.4 Å². The molecule has 6 heteroatoms. The maximum atomic E-state index is 11.6. The lowest BCUT2D eigenvalue weighted by atomic mass is 10.0. The summed E-state index contributed by atoms with van der Waals surface area (Å²) in [5.74, 6) is 1.27. The summed E-state index contributed by atoms with van der Waals surface area (Å²) in [6, 6.07) is 9.66. The minimum atomic E-state index is -3.07. The first-order valence-corrected chi connectivity index (χ1v) is 9.40. The first-order chi connectivity index (χ1) is 9.49. The van der Waals surface area contributed by atoms with Crippen molar-refractivity contribution in [1.82, 2.24) is 4.31 Å². The smallest absolute Gasteiger partial charge is 0.211 e. The molecule has 1 unspecified atom stereocenters. The van der Waals surface area contributed by atoms with Gasteiger partial charge in [0, 0.05) is 23.7 Å². The molecule has 0 amide bonds. The average Bonchev–Trinajstić information content (AvgIpc) is 2.45. The predicted octanol–water partition coefficient (Wildman–Crippen LogP) is 2.32. The molecule has 0 saturated carbocycles. The largest absolute Gasteiger partial charge is 0.213 e. The second-order valence-electron chi connectivity index (χ2n) is 5.08. The SMILES string of the molecule is CS(=O)(=O)N1CCCC(CSc2cccc(C#N)c2)C1. The maximum Gasteiger partial charge on any atom is 0.211 e. The van der Waals surface area contributed by atoms with E-state index in [-0.39, 0.29) is 0 Å². The van der Waals surface area contributed by atoms with Crippen LogP contribution in [0.4, 0.5) is 0 Å². The molecule has 108 valence electrons. The first kappa shape index (κ1) is 15.4. The van der Waals surface area contributed by atoms with E-state index < -0.39 is 10.0 Å². The Morgan fingerprint density at radius 3 is 3.00 bits per heavy atom. The quantitative estimate of drug-likeness (QED) is 0.801. The summed E-state index contributed by atoms with van der Waals surface area (Å²) in [4.78, 5) is 1.07. The third-order valence-corrected chi connectivity index (χ3v) is 5.89. The highest BCUT2D eigenvalue weighted by Crippen LogP contribution is 2.27. The molecule has 1 aliphatic heterocycles. The Morgan fingerprint density at radius 1 is 1.50 bits per heavy atom. The molecule has 1 fully saturated rings. The van der Waals surface area contributed by atoms with Crippen LogP contribution in [0.15, 0.2) is 29.2 Å². The fourth-order valence-electron chi connectivity index (χ4n) is 2.33. The number of piperidine rings is 1. The standard InChI is InChI=1S/C14H18N2O2S2/c1-20(17,18)16-7-3-5-13(10-16)11-19-14-6-2-4-12(8-14)9-15/h2,4,6,8,13H,3,5,7,10-11H2,1H3. The summed E-state index contributed by atoms with van der Waals surface area (Å²) in [6.45, 7) is 1.26. The van der Waals surface area contributed by atoms with Gasteiger partial charge in [0.05, 0.1) is 17.9 Å². The zero-order valence-electron chi connectivity index (χ0n) is 11.4. The zero-order chi connectivity index (χ0) is 14.6. The molecule has 1 atom stereocenters. The number of nitrogens with zero attached hydrogens (tertiary/aromatic N) is 2. The van der Waals surface area contributed by atoms with Crippen LogP contribution in [-0.4, -0.2) is 37.8 Å². The molecule has 1 heterocycles. The van der Waals surface area contributed by atoms with Gasteiger partial charge in [0.1, 0.15) is 0 Å². The van der Waals surface area contributed by atoms with Crippen molar-refractivity contribution in [3.05, 3.63) is 29.8 Å². The molecule has 1 saturated heterocycles. The van der Waals surface area contributed by atoms with Gasteiger partial charge in [0.25, 0.3) is 0 Å². The average molecular weight is 310 g/mol.